The Morgan fingerprint density at radius 1 is 1.60 bits per heavy atom. The van der Waals surface area contributed by atoms with Gasteiger partial charge in [0, 0.05) is 19.1 Å². The Balaban J connectivity index is 2.05. The Kier molecular flexibility index (Phi) is 4.81. The predicted octanol–water partition coefficient (Wildman–Crippen LogP) is 0.583. The lowest BCUT2D eigenvalue weighted by atomic mass is 10.1. The van der Waals surface area contributed by atoms with Crippen molar-refractivity contribution in [3.63, 3.8) is 0 Å². The first-order valence-corrected chi connectivity index (χ1v) is 6.70. The van der Waals surface area contributed by atoms with Crippen LogP contribution in [-0.4, -0.2) is 49.2 Å². The van der Waals surface area contributed by atoms with Crippen molar-refractivity contribution in [1.29, 1.82) is 0 Å². The second-order valence-electron chi connectivity index (χ2n) is 5.15. The van der Waals surface area contributed by atoms with Gasteiger partial charge in [-0.05, 0) is 37.7 Å². The van der Waals surface area contributed by atoms with Crippen molar-refractivity contribution in [2.24, 2.45) is 10.9 Å². The average molecular weight is 278 g/mol. The van der Waals surface area contributed by atoms with E-state index in [1.807, 2.05) is 18.2 Å². The summed E-state index contributed by atoms with van der Waals surface area (Å²) in [4.78, 5) is 2.31. The molecule has 20 heavy (non-hydrogen) atoms. The molecule has 0 amide bonds. The number of ether oxygens (including phenoxy) is 1. The Hall–Kier alpha value is -1.79. The van der Waals surface area contributed by atoms with Crippen molar-refractivity contribution in [2.75, 3.05) is 27.2 Å². The summed E-state index contributed by atoms with van der Waals surface area (Å²) in [6.45, 7) is 2.97. The molecule has 1 unspecified atom stereocenters. The summed E-state index contributed by atoms with van der Waals surface area (Å²) in [5.41, 5.74) is 7.36. The highest BCUT2D eigenvalue weighted by molar-refractivity contribution is 5.99. The van der Waals surface area contributed by atoms with Gasteiger partial charge in [-0.25, -0.2) is 0 Å². The Morgan fingerprint density at radius 2 is 2.40 bits per heavy atom. The quantitative estimate of drug-likeness (QED) is 0.318. The number of hydrogen-bond acceptors (Lipinski definition) is 5. The molecule has 1 fully saturated rings. The van der Waals surface area contributed by atoms with Crippen LogP contribution in [0.1, 0.15) is 17.5 Å². The molecule has 4 N–H and O–H groups in total. The standard InChI is InChI=1S/C14H22N4O2/c1-18-6-5-11(9-18)16-8-10-3-4-13(20-2)12(7-10)14(15)17-19/h3-4,7,11,16,19H,5-6,8-9H2,1-2H3,(H2,15,17). The van der Waals surface area contributed by atoms with Gasteiger partial charge >= 0.3 is 0 Å². The molecule has 1 atom stereocenters. The van der Waals surface area contributed by atoms with Crippen molar-refractivity contribution in [1.82, 2.24) is 10.2 Å². The summed E-state index contributed by atoms with van der Waals surface area (Å²) in [6, 6.07) is 6.23. The van der Waals surface area contributed by atoms with Crippen molar-refractivity contribution < 1.29 is 9.94 Å². The third-order valence-corrected chi connectivity index (χ3v) is 3.63. The van der Waals surface area contributed by atoms with E-state index >= 15 is 0 Å². The summed E-state index contributed by atoms with van der Waals surface area (Å²) < 4.78 is 5.22. The number of nitrogens with one attached hydrogen (secondary N) is 1. The lowest BCUT2D eigenvalue weighted by molar-refractivity contribution is 0.318. The molecule has 0 spiro atoms. The predicted molar refractivity (Wildman–Crippen MR) is 78.2 cm³/mol. The van der Waals surface area contributed by atoms with Gasteiger partial charge in [0.05, 0.1) is 12.7 Å². The van der Waals surface area contributed by atoms with Crippen LogP contribution >= 0.6 is 0 Å². The maximum absolute atomic E-state index is 8.82. The van der Waals surface area contributed by atoms with Crippen LogP contribution in [0.15, 0.2) is 23.4 Å². The van der Waals surface area contributed by atoms with Gasteiger partial charge in [-0.1, -0.05) is 11.2 Å². The molecule has 1 aromatic carbocycles. The number of hydrogen-bond donors (Lipinski definition) is 3. The second-order valence-corrected chi connectivity index (χ2v) is 5.15. The van der Waals surface area contributed by atoms with Crippen LogP contribution in [0.5, 0.6) is 5.75 Å². The summed E-state index contributed by atoms with van der Waals surface area (Å²) >= 11 is 0. The molecule has 1 saturated heterocycles. The topological polar surface area (TPSA) is 83.1 Å². The number of amidine groups is 1. The maximum atomic E-state index is 8.82. The highest BCUT2D eigenvalue weighted by atomic mass is 16.5. The highest BCUT2D eigenvalue weighted by Gasteiger charge is 2.18. The van der Waals surface area contributed by atoms with Gasteiger partial charge in [-0.3, -0.25) is 0 Å². The number of nitrogens with zero attached hydrogens (tertiary/aromatic N) is 2. The molecule has 110 valence electrons. The summed E-state index contributed by atoms with van der Waals surface area (Å²) in [7, 11) is 3.70. The van der Waals surface area contributed by atoms with Crippen LogP contribution in [0, 0.1) is 0 Å². The van der Waals surface area contributed by atoms with Crippen LogP contribution in [-0.2, 0) is 6.54 Å². The van der Waals surface area contributed by atoms with Crippen molar-refractivity contribution in [2.45, 2.75) is 19.0 Å². The first kappa shape index (κ1) is 14.6. The molecule has 0 aromatic heterocycles. The minimum Gasteiger partial charge on any atom is -0.496 e. The fourth-order valence-electron chi connectivity index (χ4n) is 2.48. The molecule has 0 radical (unpaired) electrons. The van der Waals surface area contributed by atoms with Gasteiger partial charge in [0.15, 0.2) is 5.84 Å². The number of likely N-dealkylation sites (tertiary alicyclic amines) is 1. The Morgan fingerprint density at radius 3 is 3.00 bits per heavy atom. The monoisotopic (exact) mass is 278 g/mol. The minimum absolute atomic E-state index is 0.0595. The molecule has 1 aliphatic rings. The average Bonchev–Trinajstić information content (AvgIpc) is 2.89. The molecule has 6 heteroatoms. The zero-order chi connectivity index (χ0) is 14.5. The maximum Gasteiger partial charge on any atom is 0.173 e. The molecule has 6 nitrogen and oxygen atoms in total. The minimum atomic E-state index is 0.0595. The molecular weight excluding hydrogens is 256 g/mol. The molecular formula is C14H22N4O2. The number of benzene rings is 1. The van der Waals surface area contributed by atoms with Gasteiger partial charge in [0.25, 0.3) is 0 Å². The van der Waals surface area contributed by atoms with Crippen molar-refractivity contribution in [3.05, 3.63) is 29.3 Å². The second kappa shape index (κ2) is 6.58. The largest absolute Gasteiger partial charge is 0.496 e. The van der Waals surface area contributed by atoms with Crippen LogP contribution in [0.25, 0.3) is 0 Å². The third kappa shape index (κ3) is 3.40. The smallest absolute Gasteiger partial charge is 0.173 e. The van der Waals surface area contributed by atoms with Gasteiger partial charge in [0.1, 0.15) is 5.75 Å². The summed E-state index contributed by atoms with van der Waals surface area (Å²) in [6.07, 6.45) is 1.17. The van der Waals surface area contributed by atoms with Crippen molar-refractivity contribution >= 4 is 5.84 Å². The van der Waals surface area contributed by atoms with E-state index in [2.05, 4.69) is 22.4 Å². The normalized spacial score (nSPS) is 20.3. The van der Waals surface area contributed by atoms with E-state index in [1.165, 1.54) is 6.42 Å². The van der Waals surface area contributed by atoms with Crippen LogP contribution < -0.4 is 15.8 Å². The fraction of sp³-hybridized carbons (Fsp3) is 0.500. The zero-order valence-electron chi connectivity index (χ0n) is 12.0. The van der Waals surface area contributed by atoms with Crippen LogP contribution in [0.3, 0.4) is 0 Å². The zero-order valence-corrected chi connectivity index (χ0v) is 12.0. The van der Waals surface area contributed by atoms with E-state index in [-0.39, 0.29) is 5.84 Å². The number of likely N-dealkylation sites (N-methyl/N-ethyl adjacent to an activating group) is 1. The lowest BCUT2D eigenvalue weighted by Crippen LogP contribution is -2.31. The van der Waals surface area contributed by atoms with E-state index < -0.39 is 0 Å². The number of methoxy groups -OCH3 is 1. The highest BCUT2D eigenvalue weighted by Crippen LogP contribution is 2.20. The van der Waals surface area contributed by atoms with Crippen LogP contribution in [0.4, 0.5) is 0 Å². The van der Waals surface area contributed by atoms with E-state index in [0.717, 1.165) is 25.2 Å². The van der Waals surface area contributed by atoms with E-state index in [4.69, 9.17) is 15.7 Å². The third-order valence-electron chi connectivity index (χ3n) is 3.63. The molecule has 0 aliphatic carbocycles. The number of oxime groups is 1. The summed E-state index contributed by atoms with van der Waals surface area (Å²) in [5.74, 6) is 0.661. The van der Waals surface area contributed by atoms with Gasteiger partial charge in [-0.15, -0.1) is 0 Å². The van der Waals surface area contributed by atoms with E-state index in [0.29, 0.717) is 17.4 Å². The van der Waals surface area contributed by atoms with Crippen molar-refractivity contribution in [3.8, 4) is 5.75 Å². The Labute approximate surface area is 119 Å². The van der Waals surface area contributed by atoms with E-state index in [1.54, 1.807) is 7.11 Å². The molecule has 2 rings (SSSR count). The van der Waals surface area contributed by atoms with Crippen LogP contribution in [0.2, 0.25) is 0 Å². The Bertz CT molecular complexity index is 490. The molecule has 1 heterocycles. The van der Waals surface area contributed by atoms with Gasteiger partial charge in [-0.2, -0.15) is 0 Å². The molecule has 0 saturated carbocycles. The fourth-order valence-corrected chi connectivity index (χ4v) is 2.48. The molecule has 0 bridgehead atoms. The van der Waals surface area contributed by atoms with E-state index in [9.17, 15) is 0 Å². The van der Waals surface area contributed by atoms with Gasteiger partial charge < -0.3 is 25.9 Å². The SMILES string of the molecule is COc1ccc(CNC2CCN(C)C2)cc1C(N)=NO. The molecule has 1 aromatic rings. The first-order valence-electron chi connectivity index (χ1n) is 6.70. The lowest BCUT2D eigenvalue weighted by Gasteiger charge is -2.14. The summed E-state index contributed by atoms with van der Waals surface area (Å²) in [5, 5.41) is 15.4. The molecule has 1 aliphatic heterocycles. The van der Waals surface area contributed by atoms with Gasteiger partial charge in [0.2, 0.25) is 0 Å². The number of nitrogens with two attached hydrogens (primary N) is 1. The number of rotatable bonds is 5. The first-order chi connectivity index (χ1) is 9.63.